The molecule has 0 aromatic carbocycles. The Kier molecular flexibility index (Phi) is 14.5. The Balaban J connectivity index is 0.00000169. The number of aliphatic hydroxyl groups is 1. The Hall–Kier alpha value is -4.95. The molecule has 3 aromatic rings. The summed E-state index contributed by atoms with van der Waals surface area (Å²) in [6.07, 6.45) is 14.6. The van der Waals surface area contributed by atoms with E-state index in [1.165, 1.54) is 40.8 Å². The first kappa shape index (κ1) is 36.2. The summed E-state index contributed by atoms with van der Waals surface area (Å²) in [4.78, 5) is 62.4. The second kappa shape index (κ2) is 18.0. The van der Waals surface area contributed by atoms with Gasteiger partial charge in [-0.3, -0.25) is 14.4 Å². The second-order valence-corrected chi connectivity index (χ2v) is 10.2. The molecule has 0 saturated heterocycles. The van der Waals surface area contributed by atoms with Crippen molar-refractivity contribution in [3.63, 3.8) is 0 Å². The molecule has 4 N–H and O–H groups in total. The molecule has 0 atom stereocenters. The first-order chi connectivity index (χ1) is 21.7. The van der Waals surface area contributed by atoms with E-state index in [0.717, 1.165) is 20.0 Å². The number of rotatable bonds is 10. The molecule has 1 aliphatic rings. The third kappa shape index (κ3) is 10.6. The number of ether oxygens (including phenoxy) is 2. The van der Waals surface area contributed by atoms with E-state index in [2.05, 4.69) is 26.0 Å². The summed E-state index contributed by atoms with van der Waals surface area (Å²) in [5.41, 5.74) is 3.69. The minimum Gasteiger partial charge on any atom is -0.443 e. The van der Waals surface area contributed by atoms with Crippen LogP contribution in [0.15, 0.2) is 65.6 Å². The zero-order valence-corrected chi connectivity index (χ0v) is 26.2. The molecule has 0 unspecified atom stereocenters. The number of allylic oxidation sites excluding steroid dienone is 5. The number of amides is 1. The number of aldehydes is 1. The molecule has 45 heavy (non-hydrogen) atoms. The molecule has 3 aromatic heterocycles. The van der Waals surface area contributed by atoms with E-state index < -0.39 is 17.3 Å². The van der Waals surface area contributed by atoms with Crippen LogP contribution in [-0.2, 0) is 20.9 Å². The van der Waals surface area contributed by atoms with Crippen molar-refractivity contribution in [2.24, 2.45) is 5.73 Å². The Morgan fingerprint density at radius 2 is 1.93 bits per heavy atom. The number of hydrogen-bond donors (Lipinski definition) is 3. The molecule has 0 saturated carbocycles. The number of unbranched alkanes of at least 4 members (excludes halogenated alkanes) is 1. The zero-order valence-electron chi connectivity index (χ0n) is 26.2. The van der Waals surface area contributed by atoms with Crippen molar-refractivity contribution in [1.82, 2.24) is 24.1 Å². The van der Waals surface area contributed by atoms with E-state index in [1.807, 2.05) is 18.2 Å². The first-order valence-corrected chi connectivity index (χ1v) is 14.3. The molecule has 0 bridgehead atoms. The van der Waals surface area contributed by atoms with E-state index in [4.69, 9.17) is 14.6 Å². The number of aromatic nitrogens is 5. The van der Waals surface area contributed by atoms with Crippen LogP contribution in [-0.4, -0.2) is 67.2 Å². The molecular formula is C31H41N7O7. The SMILES string of the molecule is CC(C)(C)OC(=O)n1c(Cn2cccc(NC(=O)CCC/C=C/C=O)c2=O)nc2c(OC3=CCCC=C3)ncnc21.CN.CO. The number of fused-ring (bicyclic) bond motifs is 1. The first-order valence-electron chi connectivity index (χ1n) is 14.3. The average molecular weight is 624 g/mol. The van der Waals surface area contributed by atoms with Crippen LogP contribution in [0.25, 0.3) is 11.2 Å². The molecule has 1 aliphatic carbocycles. The van der Waals surface area contributed by atoms with Gasteiger partial charge >= 0.3 is 6.09 Å². The lowest BCUT2D eigenvalue weighted by Gasteiger charge is -2.20. The highest BCUT2D eigenvalue weighted by atomic mass is 16.6. The van der Waals surface area contributed by atoms with Crippen molar-refractivity contribution in [2.45, 2.75) is 65.0 Å². The summed E-state index contributed by atoms with van der Waals surface area (Å²) in [5.74, 6) is 0.598. The number of anilines is 1. The van der Waals surface area contributed by atoms with E-state index >= 15 is 0 Å². The number of pyridine rings is 1. The monoisotopic (exact) mass is 623 g/mol. The number of carbonyl (C=O) groups excluding carboxylic acids is 3. The van der Waals surface area contributed by atoms with Crippen LogP contribution in [0.2, 0.25) is 0 Å². The number of imidazole rings is 1. The predicted octanol–water partition coefficient (Wildman–Crippen LogP) is 3.48. The average Bonchev–Trinajstić information content (AvgIpc) is 3.40. The van der Waals surface area contributed by atoms with Crippen LogP contribution in [0, 0.1) is 0 Å². The molecule has 3 heterocycles. The van der Waals surface area contributed by atoms with E-state index in [9.17, 15) is 19.2 Å². The van der Waals surface area contributed by atoms with Gasteiger partial charge < -0.3 is 30.2 Å². The lowest BCUT2D eigenvalue weighted by atomic mass is 10.2. The van der Waals surface area contributed by atoms with Gasteiger partial charge in [-0.05, 0) is 83.9 Å². The summed E-state index contributed by atoms with van der Waals surface area (Å²) in [5, 5.41) is 9.64. The number of carbonyl (C=O) groups is 3. The lowest BCUT2D eigenvalue weighted by Crippen LogP contribution is -2.30. The Bertz CT molecular complexity index is 1600. The Labute approximate surface area is 261 Å². The van der Waals surface area contributed by atoms with Gasteiger partial charge in [-0.25, -0.2) is 19.3 Å². The lowest BCUT2D eigenvalue weighted by molar-refractivity contribution is -0.116. The normalized spacial score (nSPS) is 12.4. The highest BCUT2D eigenvalue weighted by molar-refractivity contribution is 5.90. The van der Waals surface area contributed by atoms with Crippen LogP contribution in [0.4, 0.5) is 10.5 Å². The van der Waals surface area contributed by atoms with Crippen molar-refractivity contribution < 1.29 is 29.0 Å². The highest BCUT2D eigenvalue weighted by Gasteiger charge is 2.26. The summed E-state index contributed by atoms with van der Waals surface area (Å²) < 4.78 is 14.1. The minimum atomic E-state index is -0.806. The highest BCUT2D eigenvalue weighted by Crippen LogP contribution is 2.26. The Morgan fingerprint density at radius 1 is 1.18 bits per heavy atom. The van der Waals surface area contributed by atoms with Crippen molar-refractivity contribution >= 4 is 35.1 Å². The molecule has 1 amide bonds. The largest absolute Gasteiger partial charge is 0.443 e. The maximum Gasteiger partial charge on any atom is 0.421 e. The minimum absolute atomic E-state index is 0.0840. The second-order valence-electron chi connectivity index (χ2n) is 10.2. The van der Waals surface area contributed by atoms with Gasteiger partial charge in [0.2, 0.25) is 5.91 Å². The molecule has 242 valence electrons. The van der Waals surface area contributed by atoms with Crippen LogP contribution in [0.3, 0.4) is 0 Å². The van der Waals surface area contributed by atoms with Crippen LogP contribution >= 0.6 is 0 Å². The summed E-state index contributed by atoms with van der Waals surface area (Å²) in [7, 11) is 2.50. The van der Waals surface area contributed by atoms with E-state index in [-0.39, 0.29) is 47.4 Å². The van der Waals surface area contributed by atoms with Crippen LogP contribution in [0.5, 0.6) is 5.88 Å². The molecular weight excluding hydrogens is 582 g/mol. The molecule has 0 aliphatic heterocycles. The summed E-state index contributed by atoms with van der Waals surface area (Å²) >= 11 is 0. The molecule has 0 fully saturated rings. The maximum absolute atomic E-state index is 13.3. The van der Waals surface area contributed by atoms with Gasteiger partial charge in [-0.1, -0.05) is 12.2 Å². The third-order valence-electron chi connectivity index (χ3n) is 5.83. The summed E-state index contributed by atoms with van der Waals surface area (Å²) in [6.45, 7) is 5.09. The Morgan fingerprint density at radius 3 is 2.60 bits per heavy atom. The maximum atomic E-state index is 13.3. The smallest absolute Gasteiger partial charge is 0.421 e. The molecule has 14 nitrogen and oxygen atoms in total. The van der Waals surface area contributed by atoms with Gasteiger partial charge in [0.25, 0.3) is 11.4 Å². The number of nitrogens with one attached hydrogen (secondary N) is 1. The topological polar surface area (TPSA) is 194 Å². The van der Waals surface area contributed by atoms with Crippen molar-refractivity contribution in [3.05, 3.63) is 77.0 Å². The van der Waals surface area contributed by atoms with Crippen molar-refractivity contribution in [3.8, 4) is 5.88 Å². The van der Waals surface area contributed by atoms with Gasteiger partial charge in [-0.2, -0.15) is 4.98 Å². The van der Waals surface area contributed by atoms with Gasteiger partial charge in [-0.15, -0.1) is 0 Å². The van der Waals surface area contributed by atoms with Crippen LogP contribution in [0.1, 0.15) is 58.7 Å². The molecule has 4 rings (SSSR count). The summed E-state index contributed by atoms with van der Waals surface area (Å²) in [6, 6.07) is 3.11. The van der Waals surface area contributed by atoms with E-state index in [0.29, 0.717) is 24.9 Å². The number of hydrogen-bond acceptors (Lipinski definition) is 11. The molecule has 14 heteroatoms. The van der Waals surface area contributed by atoms with Crippen LogP contribution < -0.4 is 21.3 Å². The van der Waals surface area contributed by atoms with E-state index in [1.54, 1.807) is 32.9 Å². The molecule has 0 radical (unpaired) electrons. The number of nitrogens with zero attached hydrogens (tertiary/aromatic N) is 5. The fraction of sp³-hybridized carbons (Fsp3) is 0.387. The number of aliphatic hydroxyl groups excluding tert-OH is 1. The van der Waals surface area contributed by atoms with Gasteiger partial charge in [0.05, 0.1) is 6.54 Å². The fourth-order valence-corrected chi connectivity index (χ4v) is 4.03. The van der Waals surface area contributed by atoms with Gasteiger partial charge in [0.1, 0.15) is 35.5 Å². The number of nitrogens with two attached hydrogens (primary N) is 1. The third-order valence-corrected chi connectivity index (χ3v) is 5.83. The van der Waals surface area contributed by atoms with Crippen molar-refractivity contribution in [1.29, 1.82) is 0 Å². The zero-order chi connectivity index (χ0) is 33.4. The van der Waals surface area contributed by atoms with Crippen molar-refractivity contribution in [2.75, 3.05) is 19.5 Å². The standard InChI is InChI=1S/C29H32N6O6.CH5N.CH4O/c1-29(2,3)41-28(39)35-22(33-24-25(35)30-19-31-26(24)40-20-12-7-6-8-13-20)18-34-16-11-14-21(27(34)38)32-23(37)15-9-4-5-10-17-36;2*1-2/h5,7,10-14,16-17,19H,4,6,8-9,15,18H2,1-3H3,(H,32,37);2H2,1H3;2H,1H3/b10-5+;;. The fourth-order valence-electron chi connectivity index (χ4n) is 4.03. The predicted molar refractivity (Wildman–Crippen MR) is 170 cm³/mol. The van der Waals surface area contributed by atoms with Gasteiger partial charge in [0.15, 0.2) is 11.2 Å². The van der Waals surface area contributed by atoms with Gasteiger partial charge in [0, 0.05) is 19.7 Å². The molecule has 0 spiro atoms. The quantitative estimate of drug-likeness (QED) is 0.170.